The predicted octanol–water partition coefficient (Wildman–Crippen LogP) is 6.21. The average Bonchev–Trinajstić information content (AvgIpc) is 2.88. The van der Waals surface area contributed by atoms with Gasteiger partial charge in [-0.3, -0.25) is 4.98 Å². The molecule has 2 heterocycles. The normalized spacial score (nSPS) is 16.4. The van der Waals surface area contributed by atoms with Crippen LogP contribution in [0, 0.1) is 5.92 Å². The van der Waals surface area contributed by atoms with Crippen LogP contribution in [0.4, 0.5) is 11.8 Å². The number of hydrogen-bond donors (Lipinski definition) is 3. The summed E-state index contributed by atoms with van der Waals surface area (Å²) in [7, 11) is 1.82. The van der Waals surface area contributed by atoms with Crippen molar-refractivity contribution in [1.82, 2.24) is 15.0 Å². The molecular weight excluding hydrogens is 422 g/mol. The molecule has 1 fully saturated rings. The maximum absolute atomic E-state index is 10.0. The largest absolute Gasteiger partial charge is 0.394 e. The van der Waals surface area contributed by atoms with Gasteiger partial charge >= 0.3 is 0 Å². The van der Waals surface area contributed by atoms with Crippen molar-refractivity contribution in [3.8, 4) is 11.1 Å². The van der Waals surface area contributed by atoms with E-state index in [0.717, 1.165) is 41.8 Å². The second kappa shape index (κ2) is 11.1. The van der Waals surface area contributed by atoms with Gasteiger partial charge in [0.25, 0.3) is 0 Å². The number of pyridine rings is 1. The Kier molecular flexibility index (Phi) is 7.99. The lowest BCUT2D eigenvalue weighted by atomic mass is 9.85. The third-order valence-corrected chi connectivity index (χ3v) is 7.15. The molecule has 0 amide bonds. The van der Waals surface area contributed by atoms with E-state index in [1.54, 1.807) is 0 Å². The summed E-state index contributed by atoms with van der Waals surface area (Å²) in [6.45, 7) is 4.21. The van der Waals surface area contributed by atoms with Crippen molar-refractivity contribution >= 4 is 22.8 Å². The molecule has 1 aliphatic carbocycles. The number of hydrogen-bond acceptors (Lipinski definition) is 6. The van der Waals surface area contributed by atoms with E-state index in [9.17, 15) is 5.11 Å². The lowest BCUT2D eigenvalue weighted by Gasteiger charge is -2.29. The molecule has 1 aromatic carbocycles. The van der Waals surface area contributed by atoms with Crippen molar-refractivity contribution in [1.29, 1.82) is 0 Å². The lowest BCUT2D eigenvalue weighted by Crippen LogP contribution is -2.39. The highest BCUT2D eigenvalue weighted by molar-refractivity contribution is 5.89. The molecule has 0 aliphatic heterocycles. The summed E-state index contributed by atoms with van der Waals surface area (Å²) in [5.74, 6) is 2.02. The average molecular weight is 462 g/mol. The lowest BCUT2D eigenvalue weighted by molar-refractivity contribution is 0.212. The zero-order valence-corrected chi connectivity index (χ0v) is 20.9. The van der Waals surface area contributed by atoms with Gasteiger partial charge < -0.3 is 15.7 Å². The Morgan fingerprint density at radius 2 is 1.82 bits per heavy atom. The molecule has 4 rings (SSSR count). The maximum Gasteiger partial charge on any atom is 0.225 e. The number of fused-ring (bicyclic) bond motifs is 1. The quantitative estimate of drug-likeness (QED) is 0.333. The molecule has 1 unspecified atom stereocenters. The summed E-state index contributed by atoms with van der Waals surface area (Å²) in [6, 6.07) is 11.0. The zero-order valence-electron chi connectivity index (χ0n) is 20.9. The van der Waals surface area contributed by atoms with E-state index in [4.69, 9.17) is 4.98 Å². The number of nitrogens with one attached hydrogen (secondary N) is 2. The van der Waals surface area contributed by atoms with Crippen molar-refractivity contribution in [3.05, 3.63) is 42.1 Å². The Hall–Kier alpha value is -2.73. The number of benzene rings is 1. The number of anilines is 2. The molecule has 0 saturated heterocycles. The smallest absolute Gasteiger partial charge is 0.225 e. The number of aliphatic hydroxyl groups excluding tert-OH is 1. The van der Waals surface area contributed by atoms with Gasteiger partial charge in [0.15, 0.2) is 5.82 Å². The number of nitrogens with zero attached hydrogens (tertiary/aromatic N) is 3. The second-order valence-corrected chi connectivity index (χ2v) is 10.1. The molecule has 3 aromatic rings. The van der Waals surface area contributed by atoms with Crippen molar-refractivity contribution in [2.75, 3.05) is 24.3 Å². The first-order valence-corrected chi connectivity index (χ1v) is 12.9. The number of rotatable bonds is 10. The van der Waals surface area contributed by atoms with Gasteiger partial charge in [-0.25, -0.2) is 4.98 Å². The minimum absolute atomic E-state index is 0.0265. The van der Waals surface area contributed by atoms with Gasteiger partial charge in [-0.2, -0.15) is 4.98 Å². The van der Waals surface area contributed by atoms with Crippen LogP contribution < -0.4 is 10.6 Å². The van der Waals surface area contributed by atoms with Crippen molar-refractivity contribution < 1.29 is 5.11 Å². The second-order valence-electron chi connectivity index (χ2n) is 10.1. The SMILES string of the molecule is CCCCC(C)(CO)Nc1nc(NC)nc2cc(-c3ccc(CC4CCCCC4)cc3)cnc12. The van der Waals surface area contributed by atoms with E-state index in [1.165, 1.54) is 44.1 Å². The molecule has 0 radical (unpaired) electrons. The molecule has 1 atom stereocenters. The van der Waals surface area contributed by atoms with E-state index in [0.29, 0.717) is 17.3 Å². The number of unbranched alkanes of at least 4 members (excludes halogenated alkanes) is 1. The number of aliphatic hydroxyl groups is 1. The first-order valence-electron chi connectivity index (χ1n) is 12.9. The van der Waals surface area contributed by atoms with Gasteiger partial charge in [0.2, 0.25) is 5.95 Å². The summed E-state index contributed by atoms with van der Waals surface area (Å²) in [5, 5.41) is 16.6. The summed E-state index contributed by atoms with van der Waals surface area (Å²) in [5.41, 5.74) is 4.64. The van der Waals surface area contributed by atoms with Crippen molar-refractivity contribution in [2.24, 2.45) is 5.92 Å². The topological polar surface area (TPSA) is 83.0 Å². The van der Waals surface area contributed by atoms with E-state index < -0.39 is 5.54 Å². The fraction of sp³-hybridized carbons (Fsp3) is 0.536. The van der Waals surface area contributed by atoms with Crippen LogP contribution in [0.25, 0.3) is 22.2 Å². The Balaban J connectivity index is 1.59. The molecule has 2 aromatic heterocycles. The van der Waals surface area contributed by atoms with Gasteiger partial charge in [-0.05, 0) is 42.9 Å². The predicted molar refractivity (Wildman–Crippen MR) is 141 cm³/mol. The molecule has 34 heavy (non-hydrogen) atoms. The van der Waals surface area contributed by atoms with Gasteiger partial charge in [0, 0.05) is 18.8 Å². The fourth-order valence-electron chi connectivity index (χ4n) is 4.97. The van der Waals surface area contributed by atoms with Crippen LogP contribution in [0.3, 0.4) is 0 Å². The first kappa shape index (κ1) is 24.4. The highest BCUT2D eigenvalue weighted by Crippen LogP contribution is 2.30. The molecule has 1 aliphatic rings. The fourth-order valence-corrected chi connectivity index (χ4v) is 4.97. The monoisotopic (exact) mass is 461 g/mol. The van der Waals surface area contributed by atoms with Crippen LogP contribution in [0.15, 0.2) is 36.5 Å². The molecule has 0 bridgehead atoms. The van der Waals surface area contributed by atoms with Crippen molar-refractivity contribution in [2.45, 2.75) is 77.2 Å². The van der Waals surface area contributed by atoms with Gasteiger partial charge in [0.1, 0.15) is 5.52 Å². The highest BCUT2D eigenvalue weighted by Gasteiger charge is 2.25. The van der Waals surface area contributed by atoms with Crippen LogP contribution in [0.5, 0.6) is 0 Å². The first-order chi connectivity index (χ1) is 16.5. The van der Waals surface area contributed by atoms with Gasteiger partial charge in [0.05, 0.1) is 17.7 Å². The summed E-state index contributed by atoms with van der Waals surface area (Å²) >= 11 is 0. The molecule has 0 spiro atoms. The van der Waals surface area contributed by atoms with Crippen molar-refractivity contribution in [3.63, 3.8) is 0 Å². The van der Waals surface area contributed by atoms with E-state index in [1.807, 2.05) is 20.2 Å². The summed E-state index contributed by atoms with van der Waals surface area (Å²) in [6.07, 6.45) is 12.9. The minimum Gasteiger partial charge on any atom is -0.394 e. The van der Waals surface area contributed by atoms with Crippen LogP contribution in [-0.4, -0.2) is 39.3 Å². The Labute approximate surface area is 203 Å². The molecular formula is C28H39N5O. The molecule has 6 heteroatoms. The van der Waals surface area contributed by atoms with Crippen LogP contribution in [-0.2, 0) is 6.42 Å². The minimum atomic E-state index is -0.461. The van der Waals surface area contributed by atoms with Gasteiger partial charge in [-0.15, -0.1) is 0 Å². The maximum atomic E-state index is 10.0. The third-order valence-electron chi connectivity index (χ3n) is 7.15. The highest BCUT2D eigenvalue weighted by atomic mass is 16.3. The molecule has 1 saturated carbocycles. The molecule has 182 valence electrons. The third kappa shape index (κ3) is 5.84. The standard InChI is InChI=1S/C28H39N5O/c1-4-5-15-28(2,19-34)33-26-25-24(31-27(29-3)32-26)17-23(18-30-25)22-13-11-21(12-14-22)16-20-9-7-6-8-10-20/h11-14,17-18,20,34H,4-10,15-16,19H2,1-3H3,(H2,29,31,32,33). The summed E-state index contributed by atoms with van der Waals surface area (Å²) in [4.78, 5) is 14.0. The Bertz CT molecular complexity index is 1080. The Morgan fingerprint density at radius 1 is 1.06 bits per heavy atom. The van der Waals surface area contributed by atoms with Crippen LogP contribution >= 0.6 is 0 Å². The number of aromatic nitrogens is 3. The Morgan fingerprint density at radius 3 is 2.50 bits per heavy atom. The van der Waals surface area contributed by atoms with Crippen LogP contribution in [0.2, 0.25) is 0 Å². The zero-order chi connectivity index (χ0) is 24.0. The molecule has 3 N–H and O–H groups in total. The summed E-state index contributed by atoms with van der Waals surface area (Å²) < 4.78 is 0. The molecule has 6 nitrogen and oxygen atoms in total. The van der Waals surface area contributed by atoms with E-state index >= 15 is 0 Å². The van der Waals surface area contributed by atoms with Gasteiger partial charge in [-0.1, -0.05) is 76.1 Å². The van der Waals surface area contributed by atoms with E-state index in [2.05, 4.69) is 57.9 Å². The van der Waals surface area contributed by atoms with E-state index in [-0.39, 0.29) is 6.61 Å². The van der Waals surface area contributed by atoms with Crippen LogP contribution in [0.1, 0.15) is 70.8 Å².